The van der Waals surface area contributed by atoms with E-state index in [-0.39, 0.29) is 29.4 Å². The van der Waals surface area contributed by atoms with Crippen LogP contribution in [0, 0.1) is 23.7 Å². The van der Waals surface area contributed by atoms with Crippen molar-refractivity contribution in [3.05, 3.63) is 41.7 Å². The van der Waals surface area contributed by atoms with Crippen molar-refractivity contribution in [3.8, 4) is 0 Å². The zero-order valence-corrected chi connectivity index (χ0v) is 35.4. The number of methoxy groups -OCH3 is 1. The molecule has 4 rings (SSSR count). The van der Waals surface area contributed by atoms with Crippen molar-refractivity contribution in [1.82, 2.24) is 19.9 Å². The van der Waals surface area contributed by atoms with Gasteiger partial charge in [-0.2, -0.15) is 0 Å². The van der Waals surface area contributed by atoms with Gasteiger partial charge in [-0.1, -0.05) is 38.1 Å². The molecule has 2 aromatic rings. The van der Waals surface area contributed by atoms with Crippen molar-refractivity contribution in [1.29, 1.82) is 0 Å². The summed E-state index contributed by atoms with van der Waals surface area (Å²) in [6, 6.07) is 4.05. The standard InChI is InChI=1S/C40H61FN4O12S/c1-22-17-29(44(6)16-15-27-20-45(43-42-27)30(19-41)35(48)26-9-11-28(12-10-26)58(8,53)54)36(49)33(18-22)57-37-24(3)34(47)25(4)39(51)56-21-40(5,52)38(50)23(2)31(46)13-14-32(37)55-7/h9-12,20,22-25,29-30,32-33,35-38,48-50,52H,13-19,21H2,1-8H3/t22-,23+,24+,25-,29+,30-,32-,33-,35-,36-,37-,38-,40-/m1/s1. The molecule has 1 saturated carbocycles. The number of cyclic esters (lactones) is 1. The van der Waals surface area contributed by atoms with Crippen LogP contribution < -0.4 is 0 Å². The maximum atomic E-state index is 14.3. The van der Waals surface area contributed by atoms with Gasteiger partial charge in [0.1, 0.15) is 42.7 Å². The van der Waals surface area contributed by atoms with Crippen LogP contribution in [0.2, 0.25) is 0 Å². The van der Waals surface area contributed by atoms with Crippen molar-refractivity contribution in [3.63, 3.8) is 0 Å². The Balaban J connectivity index is 1.48. The van der Waals surface area contributed by atoms with E-state index in [0.29, 0.717) is 37.1 Å². The smallest absolute Gasteiger partial charge is 0.316 e. The summed E-state index contributed by atoms with van der Waals surface area (Å²) in [5.74, 6) is -4.89. The molecule has 58 heavy (non-hydrogen) atoms. The minimum Gasteiger partial charge on any atom is -0.462 e. The number of aromatic nitrogens is 3. The molecule has 0 amide bonds. The summed E-state index contributed by atoms with van der Waals surface area (Å²) >= 11 is 0. The molecular weight excluding hydrogens is 780 g/mol. The van der Waals surface area contributed by atoms with Crippen molar-refractivity contribution in [2.45, 2.75) is 126 Å². The van der Waals surface area contributed by atoms with Crippen LogP contribution in [0.1, 0.15) is 83.7 Å². The van der Waals surface area contributed by atoms with Gasteiger partial charge in [0.2, 0.25) is 0 Å². The number of alkyl halides is 1. The molecule has 2 fully saturated rings. The Hall–Kier alpha value is -3.23. The van der Waals surface area contributed by atoms with Gasteiger partial charge < -0.3 is 39.5 Å². The maximum Gasteiger partial charge on any atom is 0.316 e. The van der Waals surface area contributed by atoms with Crippen molar-refractivity contribution >= 4 is 27.4 Å². The van der Waals surface area contributed by atoms with Gasteiger partial charge in [0.15, 0.2) is 15.6 Å². The first-order valence-electron chi connectivity index (χ1n) is 19.8. The summed E-state index contributed by atoms with van der Waals surface area (Å²) in [6.07, 6.45) is -2.37. The molecular formula is C40H61FN4O12S. The van der Waals surface area contributed by atoms with E-state index in [4.69, 9.17) is 14.2 Å². The van der Waals surface area contributed by atoms with Gasteiger partial charge in [-0.15, -0.1) is 5.10 Å². The summed E-state index contributed by atoms with van der Waals surface area (Å²) < 4.78 is 56.9. The first-order valence-corrected chi connectivity index (χ1v) is 21.6. The van der Waals surface area contributed by atoms with Crippen LogP contribution >= 0.6 is 0 Å². The molecule has 0 radical (unpaired) electrons. The number of ether oxygens (including phenoxy) is 3. The lowest BCUT2D eigenvalue weighted by Gasteiger charge is -2.44. The highest BCUT2D eigenvalue weighted by Gasteiger charge is 2.45. The average molecular weight is 841 g/mol. The minimum absolute atomic E-state index is 0.0634. The van der Waals surface area contributed by atoms with Gasteiger partial charge in [-0.25, -0.2) is 17.5 Å². The van der Waals surface area contributed by atoms with Crippen LogP contribution in [0.3, 0.4) is 0 Å². The number of ketones is 2. The quantitative estimate of drug-likeness (QED) is 0.177. The summed E-state index contributed by atoms with van der Waals surface area (Å²) in [5, 5.41) is 52.6. The third-order valence-electron chi connectivity index (χ3n) is 11.9. The third kappa shape index (κ3) is 11.3. The molecule has 326 valence electrons. The van der Waals surface area contributed by atoms with Gasteiger partial charge in [-0.05, 0) is 63.8 Å². The van der Waals surface area contributed by atoms with Crippen LogP contribution in [0.5, 0.6) is 0 Å². The van der Waals surface area contributed by atoms with Crippen molar-refractivity contribution in [2.24, 2.45) is 23.7 Å². The summed E-state index contributed by atoms with van der Waals surface area (Å²) in [4.78, 5) is 42.0. The summed E-state index contributed by atoms with van der Waals surface area (Å²) in [5.41, 5.74) is -1.11. The van der Waals surface area contributed by atoms with Crippen LogP contribution in [0.15, 0.2) is 35.4 Å². The Bertz CT molecular complexity index is 1810. The normalized spacial score (nSPS) is 33.4. The van der Waals surface area contributed by atoms with E-state index in [0.717, 1.165) is 6.26 Å². The number of nitrogens with zero attached hydrogens (tertiary/aromatic N) is 4. The number of benzene rings is 1. The number of likely N-dealkylation sites (N-methyl/N-ethyl adjacent to an activating group) is 1. The number of halogens is 1. The molecule has 16 nitrogen and oxygen atoms in total. The Morgan fingerprint density at radius 2 is 1.72 bits per heavy atom. The number of rotatable bonds is 12. The second-order valence-electron chi connectivity index (χ2n) is 16.6. The SMILES string of the molecule is CO[C@@H]1CCC(=O)[C@H](C)[C@@H](O)[C@](C)(O)COC(=O)[C@H](C)C(=O)[C@H](C)[C@H]1O[C@@H]1C[C@H](C)C[C@H](N(C)CCc2cn([C@H](CF)[C@H](O)c3ccc(S(C)(=O)=O)cc3)nn2)[C@H]1O. The predicted octanol–water partition coefficient (Wildman–Crippen LogP) is 1.82. The van der Waals surface area contributed by atoms with E-state index in [1.165, 1.54) is 56.8 Å². The Morgan fingerprint density at radius 1 is 1.07 bits per heavy atom. The molecule has 1 aromatic heterocycles. The van der Waals surface area contributed by atoms with E-state index < -0.39 is 107 Å². The number of aliphatic hydroxyl groups is 4. The van der Waals surface area contributed by atoms with Gasteiger partial charge >= 0.3 is 5.97 Å². The van der Waals surface area contributed by atoms with Crippen molar-refractivity contribution < 1.29 is 61.8 Å². The molecule has 1 saturated heterocycles. The molecule has 0 bridgehead atoms. The van der Waals surface area contributed by atoms with E-state index in [1.807, 2.05) is 18.9 Å². The van der Waals surface area contributed by atoms with Gasteiger partial charge in [0.05, 0.1) is 41.1 Å². The number of sulfone groups is 1. The molecule has 0 spiro atoms. The zero-order valence-electron chi connectivity index (χ0n) is 34.6. The van der Waals surface area contributed by atoms with Crippen molar-refractivity contribution in [2.75, 3.05) is 40.2 Å². The summed E-state index contributed by atoms with van der Waals surface area (Å²) in [6.45, 7) is 6.59. The molecule has 2 heterocycles. The number of hydrogen-bond donors (Lipinski definition) is 4. The van der Waals surface area contributed by atoms with E-state index >= 15 is 0 Å². The Labute approximate surface area is 340 Å². The monoisotopic (exact) mass is 840 g/mol. The second-order valence-corrected chi connectivity index (χ2v) is 18.6. The first kappa shape index (κ1) is 47.4. The topological polar surface area (TPSA) is 228 Å². The fourth-order valence-corrected chi connectivity index (χ4v) is 8.59. The zero-order chi connectivity index (χ0) is 43.3. The van der Waals surface area contributed by atoms with Gasteiger partial charge in [0, 0.05) is 56.8 Å². The number of hydrogen-bond acceptors (Lipinski definition) is 15. The van der Waals surface area contributed by atoms with Crippen LogP contribution in [0.4, 0.5) is 4.39 Å². The Kier molecular flexibility index (Phi) is 16.3. The maximum absolute atomic E-state index is 14.3. The largest absolute Gasteiger partial charge is 0.462 e. The number of carbonyl (C=O) groups is 3. The molecule has 1 aliphatic carbocycles. The lowest BCUT2D eigenvalue weighted by atomic mass is 9.80. The van der Waals surface area contributed by atoms with Crippen LogP contribution in [-0.4, -0.2) is 149 Å². The highest BCUT2D eigenvalue weighted by Crippen LogP contribution is 2.34. The molecule has 1 aromatic carbocycles. The molecule has 4 N–H and O–H groups in total. The number of Topliss-reactive ketones (excluding diaryl/α,β-unsaturated/α-hetero) is 2. The molecule has 0 unspecified atom stereocenters. The lowest BCUT2D eigenvalue weighted by molar-refractivity contribution is -0.181. The Morgan fingerprint density at radius 3 is 2.33 bits per heavy atom. The van der Waals surface area contributed by atoms with Gasteiger partial charge in [-0.3, -0.25) is 14.4 Å². The first-order chi connectivity index (χ1) is 27.1. The van der Waals surface area contributed by atoms with Gasteiger partial charge in [0.25, 0.3) is 0 Å². The van der Waals surface area contributed by atoms with E-state index in [2.05, 4.69) is 10.3 Å². The summed E-state index contributed by atoms with van der Waals surface area (Å²) in [7, 11) is -0.179. The molecule has 13 atom stereocenters. The lowest BCUT2D eigenvalue weighted by Crippen LogP contribution is -2.55. The van der Waals surface area contributed by atoms with Crippen LogP contribution in [0.25, 0.3) is 0 Å². The van der Waals surface area contributed by atoms with E-state index in [1.54, 1.807) is 13.1 Å². The number of carbonyl (C=O) groups excluding carboxylic acids is 3. The second kappa shape index (κ2) is 19.9. The minimum atomic E-state index is -3.45. The fourth-order valence-electron chi connectivity index (χ4n) is 7.96. The third-order valence-corrected chi connectivity index (χ3v) is 13.1. The molecule has 18 heteroatoms. The molecule has 2 aliphatic rings. The fraction of sp³-hybridized carbons (Fsp3) is 0.725. The highest BCUT2D eigenvalue weighted by molar-refractivity contribution is 7.90. The van der Waals surface area contributed by atoms with Crippen LogP contribution in [-0.2, 0) is 44.9 Å². The number of esters is 1. The van der Waals surface area contributed by atoms with E-state index in [9.17, 15) is 47.6 Å². The average Bonchev–Trinajstić information content (AvgIpc) is 3.66. The number of aliphatic hydroxyl groups excluding tert-OH is 3. The molecule has 1 aliphatic heterocycles. The predicted molar refractivity (Wildman–Crippen MR) is 208 cm³/mol. The highest BCUT2D eigenvalue weighted by atomic mass is 32.2.